The molecular weight excluding hydrogens is 324 g/mol. The SMILES string of the molecule is COc1c(C)cc(S(=O)(=O)N2CCNC(C)C2C)cc1C.Cl. The third kappa shape index (κ3) is 3.40. The Morgan fingerprint density at radius 2 is 1.77 bits per heavy atom. The highest BCUT2D eigenvalue weighted by atomic mass is 35.5. The molecule has 1 N–H and O–H groups in total. The molecule has 22 heavy (non-hydrogen) atoms. The van der Waals surface area contributed by atoms with E-state index in [1.165, 1.54) is 0 Å². The zero-order valence-electron chi connectivity index (χ0n) is 13.7. The van der Waals surface area contributed by atoms with E-state index in [0.717, 1.165) is 16.9 Å². The van der Waals surface area contributed by atoms with Crippen molar-refractivity contribution >= 4 is 22.4 Å². The van der Waals surface area contributed by atoms with Crippen LogP contribution in [0.25, 0.3) is 0 Å². The Morgan fingerprint density at radius 3 is 2.27 bits per heavy atom. The fourth-order valence-corrected chi connectivity index (χ4v) is 4.76. The molecule has 2 unspecified atom stereocenters. The van der Waals surface area contributed by atoms with E-state index in [2.05, 4.69) is 5.32 Å². The molecule has 7 heteroatoms. The number of halogens is 1. The molecule has 5 nitrogen and oxygen atoms in total. The summed E-state index contributed by atoms with van der Waals surface area (Å²) in [5.41, 5.74) is 1.68. The smallest absolute Gasteiger partial charge is 0.243 e. The number of aryl methyl sites for hydroxylation is 2. The first kappa shape index (κ1) is 19.2. The summed E-state index contributed by atoms with van der Waals surface area (Å²) in [7, 11) is -1.88. The highest BCUT2D eigenvalue weighted by Crippen LogP contribution is 2.29. The van der Waals surface area contributed by atoms with Crippen molar-refractivity contribution in [2.24, 2.45) is 0 Å². The quantitative estimate of drug-likeness (QED) is 0.908. The van der Waals surface area contributed by atoms with Gasteiger partial charge in [0, 0.05) is 25.2 Å². The summed E-state index contributed by atoms with van der Waals surface area (Å²) in [5.74, 6) is 0.746. The molecule has 0 aromatic heterocycles. The predicted molar refractivity (Wildman–Crippen MR) is 90.5 cm³/mol. The molecule has 1 aromatic rings. The molecule has 126 valence electrons. The maximum Gasteiger partial charge on any atom is 0.243 e. The minimum absolute atomic E-state index is 0. The monoisotopic (exact) mass is 348 g/mol. The molecule has 0 radical (unpaired) electrons. The second kappa shape index (κ2) is 7.17. The Hall–Kier alpha value is -0.820. The molecule has 0 bridgehead atoms. The molecule has 1 fully saturated rings. The van der Waals surface area contributed by atoms with Gasteiger partial charge in [-0.2, -0.15) is 4.31 Å². The molecule has 2 rings (SSSR count). The molecular formula is C15H25ClN2O3S. The number of ether oxygens (including phenoxy) is 1. The van der Waals surface area contributed by atoms with E-state index >= 15 is 0 Å². The lowest BCUT2D eigenvalue weighted by Crippen LogP contribution is -2.57. The summed E-state index contributed by atoms with van der Waals surface area (Å²) < 4.78 is 32.7. The fourth-order valence-electron chi connectivity index (χ4n) is 2.88. The number of rotatable bonds is 3. The van der Waals surface area contributed by atoms with Gasteiger partial charge >= 0.3 is 0 Å². The highest BCUT2D eigenvalue weighted by molar-refractivity contribution is 7.89. The Morgan fingerprint density at radius 1 is 1.23 bits per heavy atom. The number of nitrogens with zero attached hydrogens (tertiary/aromatic N) is 1. The summed E-state index contributed by atoms with van der Waals surface area (Å²) in [5, 5.41) is 3.30. The number of hydrogen-bond donors (Lipinski definition) is 1. The Bertz CT molecular complexity index is 611. The standard InChI is InChI=1S/C15H24N2O3S.ClH/c1-10-8-14(9-11(2)15(10)20-5)21(18,19)17-7-6-16-12(3)13(17)4;/h8-9,12-13,16H,6-7H2,1-5H3;1H. The van der Waals surface area contributed by atoms with Gasteiger partial charge < -0.3 is 10.1 Å². The Kier molecular flexibility index (Phi) is 6.27. The third-order valence-electron chi connectivity index (χ3n) is 4.22. The molecule has 0 amide bonds. The fraction of sp³-hybridized carbons (Fsp3) is 0.600. The van der Waals surface area contributed by atoms with Crippen molar-refractivity contribution in [1.29, 1.82) is 0 Å². The molecule has 1 aliphatic rings. The van der Waals surface area contributed by atoms with Crippen LogP contribution in [0, 0.1) is 13.8 Å². The molecule has 0 aliphatic carbocycles. The number of sulfonamides is 1. The van der Waals surface area contributed by atoms with E-state index in [-0.39, 0.29) is 24.5 Å². The minimum atomic E-state index is -3.48. The summed E-state index contributed by atoms with van der Waals surface area (Å²) in [6.07, 6.45) is 0. The zero-order valence-corrected chi connectivity index (χ0v) is 15.3. The van der Waals surface area contributed by atoms with E-state index in [1.54, 1.807) is 23.5 Å². The van der Waals surface area contributed by atoms with Crippen LogP contribution in [0.1, 0.15) is 25.0 Å². The highest BCUT2D eigenvalue weighted by Gasteiger charge is 2.34. The van der Waals surface area contributed by atoms with Gasteiger partial charge in [-0.1, -0.05) is 0 Å². The van der Waals surface area contributed by atoms with Gasteiger partial charge in [0.05, 0.1) is 12.0 Å². The van der Waals surface area contributed by atoms with E-state index < -0.39 is 10.0 Å². The zero-order chi connectivity index (χ0) is 15.8. The number of hydrogen-bond acceptors (Lipinski definition) is 4. The largest absolute Gasteiger partial charge is 0.496 e. The van der Waals surface area contributed by atoms with Crippen LogP contribution in [0.3, 0.4) is 0 Å². The average molecular weight is 349 g/mol. The topological polar surface area (TPSA) is 58.6 Å². The van der Waals surface area contributed by atoms with Crippen LogP contribution in [0.15, 0.2) is 17.0 Å². The second-order valence-electron chi connectivity index (χ2n) is 5.69. The van der Waals surface area contributed by atoms with Crippen LogP contribution >= 0.6 is 12.4 Å². The van der Waals surface area contributed by atoms with E-state index in [1.807, 2.05) is 27.7 Å². The van der Waals surface area contributed by atoms with Crippen LogP contribution in [0.5, 0.6) is 5.75 Å². The molecule has 2 atom stereocenters. The van der Waals surface area contributed by atoms with Gasteiger partial charge in [0.25, 0.3) is 0 Å². The van der Waals surface area contributed by atoms with E-state index in [0.29, 0.717) is 18.0 Å². The minimum Gasteiger partial charge on any atom is -0.496 e. The maximum absolute atomic E-state index is 12.9. The Balaban J connectivity index is 0.00000242. The van der Waals surface area contributed by atoms with Crippen molar-refractivity contribution in [1.82, 2.24) is 9.62 Å². The molecule has 0 saturated carbocycles. The first-order chi connectivity index (χ1) is 9.78. The van der Waals surface area contributed by atoms with Crippen LogP contribution in [0.4, 0.5) is 0 Å². The lowest BCUT2D eigenvalue weighted by Gasteiger charge is -2.37. The van der Waals surface area contributed by atoms with Gasteiger partial charge in [-0.25, -0.2) is 8.42 Å². The number of benzene rings is 1. The third-order valence-corrected chi connectivity index (χ3v) is 6.18. The summed E-state index contributed by atoms with van der Waals surface area (Å²) in [6.45, 7) is 8.87. The van der Waals surface area contributed by atoms with Crippen molar-refractivity contribution < 1.29 is 13.2 Å². The lowest BCUT2D eigenvalue weighted by atomic mass is 10.1. The van der Waals surface area contributed by atoms with E-state index in [4.69, 9.17) is 4.74 Å². The van der Waals surface area contributed by atoms with Crippen LogP contribution in [-0.4, -0.2) is 45.0 Å². The number of piperazine rings is 1. The van der Waals surface area contributed by atoms with Gasteiger partial charge in [-0.15, -0.1) is 12.4 Å². The lowest BCUT2D eigenvalue weighted by molar-refractivity contribution is 0.233. The molecule has 0 spiro atoms. The van der Waals surface area contributed by atoms with Crippen molar-refractivity contribution in [3.8, 4) is 5.75 Å². The predicted octanol–water partition coefficient (Wildman–Crippen LogP) is 2.10. The Labute approximate surface area is 139 Å². The van der Waals surface area contributed by atoms with Crippen molar-refractivity contribution in [2.75, 3.05) is 20.2 Å². The van der Waals surface area contributed by atoms with Crippen molar-refractivity contribution in [3.63, 3.8) is 0 Å². The van der Waals surface area contributed by atoms with E-state index in [9.17, 15) is 8.42 Å². The van der Waals surface area contributed by atoms with Gasteiger partial charge in [0.1, 0.15) is 5.75 Å². The normalized spacial score (nSPS) is 23.0. The number of nitrogens with one attached hydrogen (secondary N) is 1. The average Bonchev–Trinajstić information content (AvgIpc) is 2.41. The van der Waals surface area contributed by atoms with Crippen molar-refractivity contribution in [2.45, 2.75) is 44.7 Å². The van der Waals surface area contributed by atoms with Crippen molar-refractivity contribution in [3.05, 3.63) is 23.3 Å². The first-order valence-electron chi connectivity index (χ1n) is 7.19. The second-order valence-corrected chi connectivity index (χ2v) is 7.58. The van der Waals surface area contributed by atoms with Crippen LogP contribution in [0.2, 0.25) is 0 Å². The summed E-state index contributed by atoms with van der Waals surface area (Å²) in [4.78, 5) is 0.347. The summed E-state index contributed by atoms with van der Waals surface area (Å²) >= 11 is 0. The maximum atomic E-state index is 12.9. The first-order valence-corrected chi connectivity index (χ1v) is 8.63. The molecule has 1 saturated heterocycles. The number of methoxy groups -OCH3 is 1. The molecule has 1 aromatic carbocycles. The van der Waals surface area contributed by atoms with Crippen LogP contribution < -0.4 is 10.1 Å². The van der Waals surface area contributed by atoms with Gasteiger partial charge in [0.2, 0.25) is 10.0 Å². The summed E-state index contributed by atoms with van der Waals surface area (Å²) in [6, 6.07) is 3.47. The molecule has 1 heterocycles. The molecule has 1 aliphatic heterocycles. The van der Waals surface area contributed by atoms with Gasteiger partial charge in [-0.3, -0.25) is 0 Å². The van der Waals surface area contributed by atoms with Gasteiger partial charge in [-0.05, 0) is 51.0 Å². The van der Waals surface area contributed by atoms with Crippen LogP contribution in [-0.2, 0) is 10.0 Å². The van der Waals surface area contributed by atoms with Gasteiger partial charge in [0.15, 0.2) is 0 Å².